The van der Waals surface area contributed by atoms with Crippen LogP contribution >= 0.6 is 11.8 Å². The number of rotatable bonds is 4. The molecule has 170 valence electrons. The molecule has 2 aliphatic heterocycles. The fraction of sp³-hybridized carbons (Fsp3) is 0.292. The second kappa shape index (κ2) is 8.99. The maximum atomic E-state index is 14.6. The second-order valence-electron chi connectivity index (χ2n) is 8.11. The van der Waals surface area contributed by atoms with Gasteiger partial charge in [0, 0.05) is 55.6 Å². The molecule has 0 spiro atoms. The summed E-state index contributed by atoms with van der Waals surface area (Å²) >= 11 is 1.36. The predicted molar refractivity (Wildman–Crippen MR) is 128 cm³/mol. The minimum absolute atomic E-state index is 0.122. The standard InChI is InChI=1S/C24H23FN4O3S/c1-14(2)31-20-4-3-15(10-19(20)25)18-13-27-12-16-9-17(32-22(16)18)11-21-23(30)28-24(33-21)29-7-5-26-6-8-29/h3-4,9-14,26H,5-8H2,1-2H3/b21-11-. The number of carbonyl (C=O) groups excluding carboxylic acids is 1. The zero-order valence-corrected chi connectivity index (χ0v) is 19.1. The van der Waals surface area contributed by atoms with Gasteiger partial charge in [-0.25, -0.2) is 4.39 Å². The molecule has 4 heterocycles. The van der Waals surface area contributed by atoms with Crippen molar-refractivity contribution in [1.29, 1.82) is 0 Å². The lowest BCUT2D eigenvalue weighted by atomic mass is 10.1. The van der Waals surface area contributed by atoms with Crippen LogP contribution in [0.1, 0.15) is 19.6 Å². The van der Waals surface area contributed by atoms with E-state index in [1.165, 1.54) is 17.8 Å². The predicted octanol–water partition coefficient (Wildman–Crippen LogP) is 4.30. The van der Waals surface area contributed by atoms with E-state index in [2.05, 4.69) is 20.2 Å². The number of pyridine rings is 1. The third-order valence-corrected chi connectivity index (χ3v) is 6.36. The average Bonchev–Trinajstić information content (AvgIpc) is 3.38. The summed E-state index contributed by atoms with van der Waals surface area (Å²) in [6.45, 7) is 7.09. The van der Waals surface area contributed by atoms with E-state index >= 15 is 0 Å². The highest BCUT2D eigenvalue weighted by Gasteiger charge is 2.27. The summed E-state index contributed by atoms with van der Waals surface area (Å²) < 4.78 is 26.1. The van der Waals surface area contributed by atoms with E-state index in [9.17, 15) is 9.18 Å². The van der Waals surface area contributed by atoms with Gasteiger partial charge in [0.2, 0.25) is 0 Å². The molecule has 1 fully saturated rings. The first-order valence-electron chi connectivity index (χ1n) is 10.8. The molecular weight excluding hydrogens is 443 g/mol. The molecule has 0 saturated carbocycles. The largest absolute Gasteiger partial charge is 0.488 e. The molecule has 1 N–H and O–H groups in total. The first-order valence-corrected chi connectivity index (χ1v) is 11.6. The Morgan fingerprint density at radius 1 is 1.24 bits per heavy atom. The lowest BCUT2D eigenvalue weighted by Gasteiger charge is -2.27. The third-order valence-electron chi connectivity index (χ3n) is 5.32. The minimum Gasteiger partial charge on any atom is -0.488 e. The summed E-state index contributed by atoms with van der Waals surface area (Å²) in [5.41, 5.74) is 1.87. The van der Waals surface area contributed by atoms with Crippen LogP contribution in [0.5, 0.6) is 5.75 Å². The number of ether oxygens (including phenoxy) is 1. The maximum absolute atomic E-state index is 14.6. The number of halogens is 1. The van der Waals surface area contributed by atoms with Crippen LogP contribution < -0.4 is 10.1 Å². The summed E-state index contributed by atoms with van der Waals surface area (Å²) in [5.74, 6) is 0.00991. The van der Waals surface area contributed by atoms with Crippen LogP contribution in [0.2, 0.25) is 0 Å². The van der Waals surface area contributed by atoms with E-state index in [4.69, 9.17) is 9.15 Å². The van der Waals surface area contributed by atoms with Gasteiger partial charge < -0.3 is 19.4 Å². The highest BCUT2D eigenvalue weighted by atomic mass is 32.2. The number of aromatic nitrogens is 1. The van der Waals surface area contributed by atoms with Crippen LogP contribution in [-0.2, 0) is 4.79 Å². The number of hydrogen-bond donors (Lipinski definition) is 1. The molecule has 9 heteroatoms. The second-order valence-corrected chi connectivity index (χ2v) is 9.12. The number of amidine groups is 1. The first kappa shape index (κ1) is 21.7. The summed E-state index contributed by atoms with van der Waals surface area (Å²) in [6, 6.07) is 6.63. The van der Waals surface area contributed by atoms with Gasteiger partial charge in [0.05, 0.1) is 11.0 Å². The Morgan fingerprint density at radius 2 is 2.06 bits per heavy atom. The van der Waals surface area contributed by atoms with Crippen molar-refractivity contribution in [3.05, 3.63) is 53.1 Å². The molecule has 0 bridgehead atoms. The summed E-state index contributed by atoms with van der Waals surface area (Å²) in [4.78, 5) is 23.6. The number of furan rings is 1. The fourth-order valence-electron chi connectivity index (χ4n) is 3.80. The maximum Gasteiger partial charge on any atom is 0.286 e. The van der Waals surface area contributed by atoms with Gasteiger partial charge in [0.25, 0.3) is 5.91 Å². The zero-order chi connectivity index (χ0) is 22.9. The lowest BCUT2D eigenvalue weighted by molar-refractivity contribution is -0.113. The van der Waals surface area contributed by atoms with E-state index in [1.54, 1.807) is 30.6 Å². The summed E-state index contributed by atoms with van der Waals surface area (Å²) in [6.07, 6.45) is 4.91. The van der Waals surface area contributed by atoms with Crippen molar-refractivity contribution in [2.24, 2.45) is 4.99 Å². The number of nitrogens with one attached hydrogen (secondary N) is 1. The molecule has 7 nitrogen and oxygen atoms in total. The summed E-state index contributed by atoms with van der Waals surface area (Å²) in [7, 11) is 0. The van der Waals surface area contributed by atoms with Crippen LogP contribution in [0.3, 0.4) is 0 Å². The molecule has 1 saturated heterocycles. The molecule has 0 atom stereocenters. The smallest absolute Gasteiger partial charge is 0.286 e. The summed E-state index contributed by atoms with van der Waals surface area (Å²) in [5, 5.41) is 4.78. The van der Waals surface area contributed by atoms with Crippen molar-refractivity contribution >= 4 is 39.9 Å². The van der Waals surface area contributed by atoms with E-state index in [0.717, 1.165) is 36.7 Å². The van der Waals surface area contributed by atoms with Gasteiger partial charge in [-0.2, -0.15) is 4.99 Å². The number of carbonyl (C=O) groups is 1. The number of thioether (sulfide) groups is 1. The van der Waals surface area contributed by atoms with Crippen LogP contribution in [-0.4, -0.2) is 53.2 Å². The molecule has 2 aliphatic rings. The molecule has 33 heavy (non-hydrogen) atoms. The topological polar surface area (TPSA) is 80.0 Å². The van der Waals surface area contributed by atoms with Crippen molar-refractivity contribution < 1.29 is 18.3 Å². The van der Waals surface area contributed by atoms with Gasteiger partial charge in [-0.15, -0.1) is 0 Å². The Labute approximate surface area is 194 Å². The van der Waals surface area contributed by atoms with Gasteiger partial charge >= 0.3 is 0 Å². The molecule has 2 aromatic heterocycles. The number of piperazine rings is 1. The molecule has 5 rings (SSSR count). The van der Waals surface area contributed by atoms with E-state index < -0.39 is 5.82 Å². The SMILES string of the molecule is CC(C)Oc1ccc(-c2cncc3cc(/C=C4\SC(N5CCNCC5)=NC4=O)oc23)cc1F. The molecule has 1 amide bonds. The lowest BCUT2D eigenvalue weighted by Crippen LogP contribution is -2.45. The van der Waals surface area contributed by atoms with Crippen LogP contribution in [0.25, 0.3) is 28.2 Å². The van der Waals surface area contributed by atoms with Gasteiger partial charge in [-0.05, 0) is 49.4 Å². The van der Waals surface area contributed by atoms with E-state index in [1.807, 2.05) is 19.9 Å². The zero-order valence-electron chi connectivity index (χ0n) is 18.3. The van der Waals surface area contributed by atoms with Crippen molar-refractivity contribution in [3.63, 3.8) is 0 Å². The first-order chi connectivity index (χ1) is 16.0. The Balaban J connectivity index is 1.43. The number of benzene rings is 1. The number of fused-ring (bicyclic) bond motifs is 1. The normalized spacial score (nSPS) is 17.9. The Kier molecular flexibility index (Phi) is 5.90. The number of amides is 1. The number of nitrogens with zero attached hydrogens (tertiary/aromatic N) is 3. The third kappa shape index (κ3) is 4.51. The monoisotopic (exact) mass is 466 g/mol. The van der Waals surface area contributed by atoms with Crippen LogP contribution in [0, 0.1) is 5.82 Å². The van der Waals surface area contributed by atoms with E-state index in [-0.39, 0.29) is 17.8 Å². The molecule has 1 aromatic carbocycles. The highest BCUT2D eigenvalue weighted by Crippen LogP contribution is 2.35. The van der Waals surface area contributed by atoms with Crippen LogP contribution in [0.4, 0.5) is 4.39 Å². The number of aliphatic imine (C=N–C) groups is 1. The highest BCUT2D eigenvalue weighted by molar-refractivity contribution is 8.18. The van der Waals surface area contributed by atoms with Gasteiger partial charge in [-0.3, -0.25) is 9.78 Å². The van der Waals surface area contributed by atoms with Crippen LogP contribution in [0.15, 0.2) is 51.0 Å². The van der Waals surface area contributed by atoms with E-state index in [0.29, 0.717) is 27.4 Å². The minimum atomic E-state index is -0.447. The molecular formula is C24H23FN4O3S. The average molecular weight is 467 g/mol. The molecule has 3 aromatic rings. The van der Waals surface area contributed by atoms with Gasteiger partial charge in [-0.1, -0.05) is 6.07 Å². The Morgan fingerprint density at radius 3 is 2.82 bits per heavy atom. The van der Waals surface area contributed by atoms with Crippen molar-refractivity contribution in [3.8, 4) is 16.9 Å². The molecule has 0 aliphatic carbocycles. The van der Waals surface area contributed by atoms with Gasteiger partial charge in [0.15, 0.2) is 16.7 Å². The quantitative estimate of drug-likeness (QED) is 0.575. The van der Waals surface area contributed by atoms with Crippen molar-refractivity contribution in [2.45, 2.75) is 20.0 Å². The molecule has 0 radical (unpaired) electrons. The Bertz CT molecular complexity index is 1280. The van der Waals surface area contributed by atoms with Gasteiger partial charge in [0.1, 0.15) is 11.3 Å². The fourth-order valence-corrected chi connectivity index (χ4v) is 4.74. The Hall–Kier alpha value is -3.17. The number of hydrogen-bond acceptors (Lipinski definition) is 7. The van der Waals surface area contributed by atoms with Crippen molar-refractivity contribution in [2.75, 3.05) is 26.2 Å². The molecule has 0 unspecified atom stereocenters. The van der Waals surface area contributed by atoms with Crippen molar-refractivity contribution in [1.82, 2.24) is 15.2 Å².